The first-order valence-corrected chi connectivity index (χ1v) is 11.7. The van der Waals surface area contributed by atoms with Crippen LogP contribution in [0.3, 0.4) is 0 Å². The summed E-state index contributed by atoms with van der Waals surface area (Å²) < 4.78 is 47.8. The SMILES string of the molecule is CCCS(=O)(=O)Nc1c(F)ccc2c(Oc3nnccc3-c3ccnc(N)n3)c(C)ccc12. The topological polar surface area (TPSA) is 133 Å². The number of fused-ring (bicyclic) bond motifs is 1. The van der Waals surface area contributed by atoms with Crippen molar-refractivity contribution in [1.29, 1.82) is 0 Å². The molecule has 0 saturated heterocycles. The number of ether oxygens (including phenoxy) is 1. The van der Waals surface area contributed by atoms with Gasteiger partial charge in [0.15, 0.2) is 0 Å². The molecule has 2 aromatic heterocycles. The summed E-state index contributed by atoms with van der Waals surface area (Å²) in [5, 5.41) is 8.85. The third-order valence-electron chi connectivity index (χ3n) is 4.86. The average molecular weight is 469 g/mol. The zero-order valence-electron chi connectivity index (χ0n) is 17.9. The number of anilines is 2. The van der Waals surface area contributed by atoms with Crippen LogP contribution in [-0.4, -0.2) is 34.3 Å². The van der Waals surface area contributed by atoms with E-state index in [0.29, 0.717) is 34.2 Å². The third-order valence-corrected chi connectivity index (χ3v) is 6.32. The number of nitrogens with zero attached hydrogens (tertiary/aromatic N) is 4. The molecule has 0 aliphatic rings. The lowest BCUT2D eigenvalue weighted by molar-refractivity contribution is 0.459. The van der Waals surface area contributed by atoms with Gasteiger partial charge in [0.25, 0.3) is 0 Å². The van der Waals surface area contributed by atoms with Gasteiger partial charge in [-0.25, -0.2) is 22.8 Å². The summed E-state index contributed by atoms with van der Waals surface area (Å²) in [7, 11) is -3.71. The Morgan fingerprint density at radius 2 is 1.88 bits per heavy atom. The van der Waals surface area contributed by atoms with Crippen LogP contribution in [0.15, 0.2) is 48.8 Å². The molecule has 0 unspecified atom stereocenters. The Kier molecular flexibility index (Phi) is 6.05. The number of hydrogen-bond donors (Lipinski definition) is 2. The third kappa shape index (κ3) is 4.67. The largest absolute Gasteiger partial charge is 0.436 e. The van der Waals surface area contributed by atoms with Crippen molar-refractivity contribution in [2.75, 3.05) is 16.2 Å². The standard InChI is InChI=1S/C22H21FN6O3S/c1-3-12-33(30,31)29-19-14-5-4-13(2)20(15(14)6-7-17(19)23)32-21-16(8-11-26-28-21)18-9-10-25-22(24)27-18/h4-11,29H,3,12H2,1-2H3,(H2,24,25,27). The molecule has 0 fully saturated rings. The lowest BCUT2D eigenvalue weighted by atomic mass is 10.0. The molecule has 0 atom stereocenters. The second-order valence-corrected chi connectivity index (χ2v) is 9.14. The Morgan fingerprint density at radius 1 is 1.09 bits per heavy atom. The van der Waals surface area contributed by atoms with E-state index in [1.165, 1.54) is 24.5 Å². The number of benzene rings is 2. The summed E-state index contributed by atoms with van der Waals surface area (Å²) in [5.74, 6) is -0.177. The molecule has 2 aromatic carbocycles. The predicted molar refractivity (Wildman–Crippen MR) is 124 cm³/mol. The van der Waals surface area contributed by atoms with E-state index in [4.69, 9.17) is 10.5 Å². The Morgan fingerprint density at radius 3 is 2.64 bits per heavy atom. The molecular weight excluding hydrogens is 447 g/mol. The van der Waals surface area contributed by atoms with E-state index in [-0.39, 0.29) is 23.3 Å². The monoisotopic (exact) mass is 468 g/mol. The van der Waals surface area contributed by atoms with Crippen LogP contribution in [-0.2, 0) is 10.0 Å². The summed E-state index contributed by atoms with van der Waals surface area (Å²) in [6.45, 7) is 3.55. The molecule has 3 N–H and O–H groups in total. The van der Waals surface area contributed by atoms with Crippen molar-refractivity contribution >= 4 is 32.4 Å². The fourth-order valence-corrected chi connectivity index (χ4v) is 4.54. The molecule has 4 rings (SSSR count). The molecule has 11 heteroatoms. The van der Waals surface area contributed by atoms with Crippen LogP contribution in [0.2, 0.25) is 0 Å². The van der Waals surface area contributed by atoms with Gasteiger partial charge in [0.05, 0.1) is 28.9 Å². The van der Waals surface area contributed by atoms with Gasteiger partial charge >= 0.3 is 0 Å². The van der Waals surface area contributed by atoms with Crippen LogP contribution in [0.5, 0.6) is 11.6 Å². The fourth-order valence-electron chi connectivity index (χ4n) is 3.38. The normalized spacial score (nSPS) is 11.5. The molecular formula is C22H21FN6O3S. The van der Waals surface area contributed by atoms with E-state index < -0.39 is 15.8 Å². The fraction of sp³-hybridized carbons (Fsp3) is 0.182. The predicted octanol–water partition coefficient (Wildman–Crippen LogP) is 4.06. The van der Waals surface area contributed by atoms with Gasteiger partial charge in [0.1, 0.15) is 11.6 Å². The highest BCUT2D eigenvalue weighted by molar-refractivity contribution is 7.92. The van der Waals surface area contributed by atoms with Gasteiger partial charge in [-0.1, -0.05) is 19.1 Å². The van der Waals surface area contributed by atoms with Crippen LogP contribution in [0.25, 0.3) is 22.0 Å². The Balaban J connectivity index is 1.84. The summed E-state index contributed by atoms with van der Waals surface area (Å²) in [5.41, 5.74) is 7.33. The maximum atomic E-state index is 14.7. The van der Waals surface area contributed by atoms with E-state index in [9.17, 15) is 12.8 Å². The molecule has 4 aromatic rings. The molecule has 9 nitrogen and oxygen atoms in total. The minimum atomic E-state index is -3.71. The molecule has 2 heterocycles. The summed E-state index contributed by atoms with van der Waals surface area (Å²) in [4.78, 5) is 8.10. The molecule has 0 aliphatic heterocycles. The van der Waals surface area contributed by atoms with E-state index in [0.717, 1.165) is 5.56 Å². The van der Waals surface area contributed by atoms with Gasteiger partial charge in [-0.3, -0.25) is 4.72 Å². The average Bonchev–Trinajstić information content (AvgIpc) is 2.77. The number of nitrogen functional groups attached to an aromatic ring is 1. The Hall–Kier alpha value is -3.86. The highest BCUT2D eigenvalue weighted by Crippen LogP contribution is 2.39. The van der Waals surface area contributed by atoms with E-state index in [1.807, 2.05) is 6.92 Å². The lowest BCUT2D eigenvalue weighted by Gasteiger charge is -2.16. The second kappa shape index (κ2) is 8.94. The molecule has 0 saturated carbocycles. The smallest absolute Gasteiger partial charge is 0.248 e. The van der Waals surface area contributed by atoms with Crippen LogP contribution < -0.4 is 15.2 Å². The van der Waals surface area contributed by atoms with Crippen LogP contribution in [0.1, 0.15) is 18.9 Å². The lowest BCUT2D eigenvalue weighted by Crippen LogP contribution is -2.17. The molecule has 0 spiro atoms. The molecule has 170 valence electrons. The maximum absolute atomic E-state index is 14.7. The van der Waals surface area contributed by atoms with Crippen molar-refractivity contribution in [2.24, 2.45) is 0 Å². The summed E-state index contributed by atoms with van der Waals surface area (Å²) >= 11 is 0. The summed E-state index contributed by atoms with van der Waals surface area (Å²) in [6.07, 6.45) is 3.41. The zero-order valence-corrected chi connectivity index (χ0v) is 18.7. The van der Waals surface area contributed by atoms with Gasteiger partial charge in [0.2, 0.25) is 21.9 Å². The quantitative estimate of drug-likeness (QED) is 0.415. The minimum Gasteiger partial charge on any atom is -0.436 e. The highest BCUT2D eigenvalue weighted by Gasteiger charge is 2.19. The zero-order chi connectivity index (χ0) is 23.6. The minimum absolute atomic E-state index is 0.0936. The molecule has 0 bridgehead atoms. The number of rotatable bonds is 7. The van der Waals surface area contributed by atoms with Crippen molar-refractivity contribution in [3.63, 3.8) is 0 Å². The van der Waals surface area contributed by atoms with Crippen molar-refractivity contribution in [1.82, 2.24) is 20.2 Å². The number of sulfonamides is 1. The van der Waals surface area contributed by atoms with Crippen LogP contribution >= 0.6 is 0 Å². The van der Waals surface area contributed by atoms with Crippen LogP contribution in [0, 0.1) is 12.7 Å². The molecule has 0 radical (unpaired) electrons. The number of hydrogen-bond acceptors (Lipinski definition) is 8. The number of aromatic nitrogens is 4. The first-order valence-electron chi connectivity index (χ1n) is 10.1. The van der Waals surface area contributed by atoms with Crippen molar-refractivity contribution < 1.29 is 17.5 Å². The van der Waals surface area contributed by atoms with Gasteiger partial charge < -0.3 is 10.5 Å². The number of nitrogens with two attached hydrogens (primary N) is 1. The van der Waals surface area contributed by atoms with E-state index >= 15 is 0 Å². The van der Waals surface area contributed by atoms with Crippen molar-refractivity contribution in [3.05, 3.63) is 60.2 Å². The van der Waals surface area contributed by atoms with Gasteiger partial charge in [0, 0.05) is 17.0 Å². The van der Waals surface area contributed by atoms with Crippen molar-refractivity contribution in [2.45, 2.75) is 20.3 Å². The van der Waals surface area contributed by atoms with Gasteiger partial charge in [-0.05, 0) is 43.2 Å². The second-order valence-electron chi connectivity index (χ2n) is 7.30. The van der Waals surface area contributed by atoms with E-state index in [1.54, 1.807) is 31.2 Å². The van der Waals surface area contributed by atoms with Crippen molar-refractivity contribution in [3.8, 4) is 22.9 Å². The van der Waals surface area contributed by atoms with E-state index in [2.05, 4.69) is 24.9 Å². The number of aryl methyl sites for hydroxylation is 1. The molecule has 33 heavy (non-hydrogen) atoms. The highest BCUT2D eigenvalue weighted by atomic mass is 32.2. The molecule has 0 aliphatic carbocycles. The Bertz CT molecular complexity index is 1450. The first-order chi connectivity index (χ1) is 15.8. The number of nitrogens with one attached hydrogen (secondary N) is 1. The van der Waals surface area contributed by atoms with Crippen LogP contribution in [0.4, 0.5) is 16.0 Å². The Labute approximate surface area is 189 Å². The number of halogens is 1. The van der Waals surface area contributed by atoms with Gasteiger partial charge in [-0.2, -0.15) is 5.10 Å². The summed E-state index contributed by atoms with van der Waals surface area (Å²) in [6, 6.07) is 9.42. The molecule has 0 amide bonds. The van der Waals surface area contributed by atoms with Gasteiger partial charge in [-0.15, -0.1) is 5.10 Å². The maximum Gasteiger partial charge on any atom is 0.248 e. The first kappa shape index (κ1) is 22.3.